The van der Waals surface area contributed by atoms with Crippen LogP contribution >= 0.6 is 0 Å². The molecule has 0 radical (unpaired) electrons. The first-order valence-electron chi connectivity index (χ1n) is 7.05. The molecular weight excluding hydrogens is 268 g/mol. The molecule has 0 saturated carbocycles. The molecule has 3 aromatic rings. The molecule has 0 aliphatic rings. The van der Waals surface area contributed by atoms with E-state index in [2.05, 4.69) is 11.1 Å². The summed E-state index contributed by atoms with van der Waals surface area (Å²) in [7, 11) is 0. The van der Waals surface area contributed by atoms with E-state index in [9.17, 15) is 0 Å². The summed E-state index contributed by atoms with van der Waals surface area (Å²) in [6, 6.07) is 23.8. The monoisotopic (exact) mass is 282 g/mol. The minimum Gasteiger partial charge on any atom is -0.256 e. The minimum atomic E-state index is 0.646. The van der Waals surface area contributed by atoms with Gasteiger partial charge in [0.25, 0.3) is 0 Å². The van der Waals surface area contributed by atoms with Gasteiger partial charge in [-0.15, -0.1) is 0 Å². The molecule has 2 nitrogen and oxygen atoms in total. The third-order valence-electron chi connectivity index (χ3n) is 3.38. The molecule has 3 rings (SSSR count). The minimum absolute atomic E-state index is 0.646. The number of aromatic nitrogens is 1. The van der Waals surface area contributed by atoms with Gasteiger partial charge in [-0.25, -0.2) is 0 Å². The van der Waals surface area contributed by atoms with E-state index in [0.29, 0.717) is 5.56 Å². The highest BCUT2D eigenvalue weighted by atomic mass is 14.7. The lowest BCUT2D eigenvalue weighted by Crippen LogP contribution is -1.88. The molecule has 1 heterocycles. The summed E-state index contributed by atoms with van der Waals surface area (Å²) in [5.41, 5.74) is 4.68. The number of nitrogens with zero attached hydrogens (tertiary/aromatic N) is 2. The quantitative estimate of drug-likeness (QED) is 0.647. The molecule has 22 heavy (non-hydrogen) atoms. The van der Waals surface area contributed by atoms with Crippen LogP contribution in [0.15, 0.2) is 72.9 Å². The van der Waals surface area contributed by atoms with Crippen LogP contribution in [0, 0.1) is 11.3 Å². The second-order valence-corrected chi connectivity index (χ2v) is 4.87. The van der Waals surface area contributed by atoms with Gasteiger partial charge in [-0.2, -0.15) is 5.26 Å². The molecule has 2 aromatic carbocycles. The van der Waals surface area contributed by atoms with Crippen molar-refractivity contribution in [2.75, 3.05) is 0 Å². The van der Waals surface area contributed by atoms with Crippen LogP contribution in [-0.4, -0.2) is 4.98 Å². The molecule has 0 bridgehead atoms. The van der Waals surface area contributed by atoms with Crippen molar-refractivity contribution in [2.45, 2.75) is 0 Å². The van der Waals surface area contributed by atoms with Gasteiger partial charge in [-0.3, -0.25) is 4.98 Å². The first-order chi connectivity index (χ1) is 10.9. The van der Waals surface area contributed by atoms with Crippen molar-refractivity contribution in [1.29, 1.82) is 5.26 Å². The second kappa shape index (κ2) is 6.51. The van der Waals surface area contributed by atoms with Crippen LogP contribution in [0.3, 0.4) is 0 Å². The molecule has 0 fully saturated rings. The van der Waals surface area contributed by atoms with Crippen molar-refractivity contribution in [3.8, 4) is 17.3 Å². The van der Waals surface area contributed by atoms with E-state index in [1.54, 1.807) is 6.20 Å². The van der Waals surface area contributed by atoms with Crippen LogP contribution in [0.25, 0.3) is 23.4 Å². The number of benzene rings is 2. The van der Waals surface area contributed by atoms with E-state index in [0.717, 1.165) is 22.4 Å². The summed E-state index contributed by atoms with van der Waals surface area (Å²) >= 11 is 0. The molecule has 0 amide bonds. The summed E-state index contributed by atoms with van der Waals surface area (Å²) in [6.07, 6.45) is 5.85. The maximum absolute atomic E-state index is 9.12. The highest BCUT2D eigenvalue weighted by Crippen LogP contribution is 2.24. The Hall–Kier alpha value is -3.18. The fourth-order valence-corrected chi connectivity index (χ4v) is 2.28. The Morgan fingerprint density at radius 3 is 2.41 bits per heavy atom. The molecule has 1 aromatic heterocycles. The zero-order chi connectivity index (χ0) is 15.2. The molecule has 0 N–H and O–H groups in total. The number of hydrogen-bond acceptors (Lipinski definition) is 2. The molecule has 0 aliphatic heterocycles. The predicted octanol–water partition coefficient (Wildman–Crippen LogP) is 4.79. The summed E-state index contributed by atoms with van der Waals surface area (Å²) < 4.78 is 0. The van der Waals surface area contributed by atoms with Crippen LogP contribution in [-0.2, 0) is 0 Å². The smallest absolute Gasteiger partial charge is 0.0991 e. The topological polar surface area (TPSA) is 36.7 Å². The Labute approximate surface area is 130 Å². The number of hydrogen-bond donors (Lipinski definition) is 0. The lowest BCUT2D eigenvalue weighted by molar-refractivity contribution is 1.32. The summed E-state index contributed by atoms with van der Waals surface area (Å²) in [6.45, 7) is 0. The third kappa shape index (κ3) is 3.11. The third-order valence-corrected chi connectivity index (χ3v) is 3.38. The lowest BCUT2D eigenvalue weighted by Gasteiger charge is -2.06. The number of rotatable bonds is 3. The lowest BCUT2D eigenvalue weighted by atomic mass is 10.00. The van der Waals surface area contributed by atoms with Gasteiger partial charge in [0.05, 0.1) is 17.3 Å². The van der Waals surface area contributed by atoms with Gasteiger partial charge in [0.1, 0.15) is 0 Å². The molecule has 0 saturated heterocycles. The fourth-order valence-electron chi connectivity index (χ4n) is 2.28. The summed E-state index contributed by atoms with van der Waals surface area (Å²) in [5.74, 6) is 0. The van der Waals surface area contributed by atoms with Gasteiger partial charge in [0.2, 0.25) is 0 Å². The Morgan fingerprint density at radius 2 is 1.68 bits per heavy atom. The van der Waals surface area contributed by atoms with E-state index in [1.165, 1.54) is 0 Å². The normalized spacial score (nSPS) is 10.5. The number of nitriles is 1. The maximum atomic E-state index is 9.12. The fraction of sp³-hybridized carbons (Fsp3) is 0. The Balaban J connectivity index is 2.05. The van der Waals surface area contributed by atoms with Crippen molar-refractivity contribution >= 4 is 12.2 Å². The van der Waals surface area contributed by atoms with Gasteiger partial charge in [0.15, 0.2) is 0 Å². The molecular formula is C20H14N2. The van der Waals surface area contributed by atoms with Crippen LogP contribution in [0.5, 0.6) is 0 Å². The Bertz CT molecular complexity index is 829. The summed E-state index contributed by atoms with van der Waals surface area (Å²) in [4.78, 5) is 4.40. The van der Waals surface area contributed by atoms with Gasteiger partial charge in [-0.1, -0.05) is 54.6 Å². The molecule has 104 valence electrons. The first kappa shape index (κ1) is 13.8. The average molecular weight is 282 g/mol. The first-order valence-corrected chi connectivity index (χ1v) is 7.05. The van der Waals surface area contributed by atoms with E-state index < -0.39 is 0 Å². The van der Waals surface area contributed by atoms with Crippen molar-refractivity contribution < 1.29 is 0 Å². The van der Waals surface area contributed by atoms with E-state index in [1.807, 2.05) is 78.9 Å². The van der Waals surface area contributed by atoms with E-state index in [-0.39, 0.29) is 0 Å². The average Bonchev–Trinajstić information content (AvgIpc) is 2.61. The molecule has 0 unspecified atom stereocenters. The Morgan fingerprint density at radius 1 is 0.864 bits per heavy atom. The zero-order valence-corrected chi connectivity index (χ0v) is 12.0. The van der Waals surface area contributed by atoms with Gasteiger partial charge in [0, 0.05) is 11.8 Å². The van der Waals surface area contributed by atoms with Gasteiger partial charge < -0.3 is 0 Å². The molecule has 0 atom stereocenters. The number of pyridine rings is 1. The SMILES string of the molecule is N#Cc1ccc(-c2ccccn2)c(/C=C/c2ccccc2)c1. The summed E-state index contributed by atoms with van der Waals surface area (Å²) in [5, 5.41) is 9.12. The predicted molar refractivity (Wildman–Crippen MR) is 89.8 cm³/mol. The van der Waals surface area contributed by atoms with Crippen molar-refractivity contribution in [3.63, 3.8) is 0 Å². The van der Waals surface area contributed by atoms with E-state index in [4.69, 9.17) is 5.26 Å². The van der Waals surface area contributed by atoms with Crippen LogP contribution < -0.4 is 0 Å². The van der Waals surface area contributed by atoms with Crippen LogP contribution in [0.4, 0.5) is 0 Å². The highest BCUT2D eigenvalue weighted by Gasteiger charge is 2.05. The van der Waals surface area contributed by atoms with Crippen LogP contribution in [0.2, 0.25) is 0 Å². The van der Waals surface area contributed by atoms with Crippen molar-refractivity contribution in [1.82, 2.24) is 4.98 Å². The molecule has 0 spiro atoms. The Kier molecular flexibility index (Phi) is 4.08. The van der Waals surface area contributed by atoms with Gasteiger partial charge >= 0.3 is 0 Å². The van der Waals surface area contributed by atoms with Crippen molar-refractivity contribution in [3.05, 3.63) is 89.6 Å². The van der Waals surface area contributed by atoms with Gasteiger partial charge in [-0.05, 0) is 35.4 Å². The largest absolute Gasteiger partial charge is 0.256 e. The van der Waals surface area contributed by atoms with Crippen molar-refractivity contribution in [2.24, 2.45) is 0 Å². The second-order valence-electron chi connectivity index (χ2n) is 4.87. The van der Waals surface area contributed by atoms with E-state index >= 15 is 0 Å². The highest BCUT2D eigenvalue weighted by molar-refractivity contribution is 5.80. The zero-order valence-electron chi connectivity index (χ0n) is 12.0. The molecule has 2 heteroatoms. The van der Waals surface area contributed by atoms with Crippen LogP contribution in [0.1, 0.15) is 16.7 Å². The maximum Gasteiger partial charge on any atom is 0.0991 e. The standard InChI is InChI=1S/C20H14N2/c21-15-17-10-12-19(20-8-4-5-13-22-20)18(14-17)11-9-16-6-2-1-3-7-16/h1-14H/b11-9+. The molecule has 0 aliphatic carbocycles.